The molecule has 0 aliphatic heterocycles. The van der Waals surface area contributed by atoms with Gasteiger partial charge in [0, 0.05) is 50.4 Å². The Labute approximate surface area is 375 Å². The van der Waals surface area contributed by atoms with Crippen LogP contribution in [-0.4, -0.2) is 35.1 Å². The van der Waals surface area contributed by atoms with E-state index >= 15 is 0 Å². The van der Waals surface area contributed by atoms with Crippen molar-refractivity contribution < 1.29 is 48.7 Å². The van der Waals surface area contributed by atoms with Gasteiger partial charge in [-0.25, -0.2) is 0 Å². The molecule has 1 atom stereocenters. The summed E-state index contributed by atoms with van der Waals surface area (Å²) in [5.74, 6) is -2.00. The standard InChI is InChI=1S/C20H22NSi.C18H16N.C13H21F3O2.Ir/c1-14-10-15(2)12-17(11-14)20-19-7-6-18(22(3,4)5)13-16(19)8-9-21-20;1-12-4-5-17-15(9-12)6-7-19-18(17)16-10-13(2)8-14(3)11-16;1-4-9(5-2)11(17)7-12(18)10(6-3)8-13(14,15)16;/h6-11,13H,1-5H3;4-10H,1-3H3;7,9-10,18H,4-6,8H2,1-3H3;/q2*-1;;/b;;12-7-;/i8D,9D;6D,7D;;. The van der Waals surface area contributed by atoms with Crippen molar-refractivity contribution >= 4 is 40.6 Å². The molecule has 4 aromatic carbocycles. The number of rotatable bonds is 10. The first-order chi connectivity index (χ1) is 29.4. The minimum atomic E-state index is -4.33. The molecule has 1 N–H and O–H groups in total. The number of carbonyl (C=O) groups is 1. The summed E-state index contributed by atoms with van der Waals surface area (Å²) < 4.78 is 69.2. The van der Waals surface area contributed by atoms with Crippen LogP contribution in [0.3, 0.4) is 0 Å². The monoisotopic (exact) mass is 1010 g/mol. The Morgan fingerprint density at radius 3 is 1.63 bits per heavy atom. The van der Waals surface area contributed by atoms with Crippen LogP contribution in [0.5, 0.6) is 0 Å². The molecule has 0 aliphatic carbocycles. The molecule has 0 spiro atoms. The van der Waals surface area contributed by atoms with Gasteiger partial charge in [0.1, 0.15) is 0 Å². The first-order valence-corrected chi connectivity index (χ1v) is 23.7. The van der Waals surface area contributed by atoms with E-state index in [1.807, 2.05) is 71.9 Å². The van der Waals surface area contributed by atoms with Gasteiger partial charge in [0.25, 0.3) is 0 Å². The van der Waals surface area contributed by atoms with Crippen molar-refractivity contribution in [2.75, 3.05) is 0 Å². The molecule has 1 unspecified atom stereocenters. The average molecular weight is 1010 g/mol. The van der Waals surface area contributed by atoms with Crippen LogP contribution in [-0.2, 0) is 24.9 Å². The predicted molar refractivity (Wildman–Crippen MR) is 243 cm³/mol. The van der Waals surface area contributed by atoms with Gasteiger partial charge in [0.2, 0.25) is 0 Å². The number of aliphatic hydroxyl groups is 1. The van der Waals surface area contributed by atoms with Gasteiger partial charge in [-0.3, -0.25) is 4.79 Å². The van der Waals surface area contributed by atoms with Gasteiger partial charge in [-0.05, 0) is 71.2 Å². The van der Waals surface area contributed by atoms with Crippen LogP contribution in [0.2, 0.25) is 19.6 Å². The second-order valence-corrected chi connectivity index (χ2v) is 21.4. The largest absolute Gasteiger partial charge is 0.512 e. The molecule has 2 heterocycles. The Morgan fingerprint density at radius 2 is 1.20 bits per heavy atom. The number of carbonyl (C=O) groups excluding carboxylic acids is 1. The van der Waals surface area contributed by atoms with Gasteiger partial charge in [0.05, 0.1) is 25.7 Å². The molecular weight excluding hydrogens is 950 g/mol. The fourth-order valence-electron chi connectivity index (χ4n) is 6.96. The quantitative estimate of drug-likeness (QED) is 0.0643. The number of aliphatic hydroxyl groups excluding tert-OH is 1. The van der Waals surface area contributed by atoms with Gasteiger partial charge in [0.15, 0.2) is 5.78 Å². The van der Waals surface area contributed by atoms with Gasteiger partial charge in [-0.2, -0.15) is 13.2 Å². The molecular formula is C51H59F3IrN2O2Si-2. The zero-order valence-corrected chi connectivity index (χ0v) is 39.9. The molecule has 0 aliphatic rings. The molecule has 2 aromatic heterocycles. The minimum Gasteiger partial charge on any atom is -0.512 e. The first-order valence-electron chi connectivity index (χ1n) is 22.2. The van der Waals surface area contributed by atoms with E-state index < -0.39 is 32.3 Å². The topological polar surface area (TPSA) is 63.1 Å². The van der Waals surface area contributed by atoms with Crippen LogP contribution in [0.25, 0.3) is 44.1 Å². The first kappa shape index (κ1) is 43.6. The summed E-state index contributed by atoms with van der Waals surface area (Å²) in [6.07, 6.45) is -3.03. The third kappa shape index (κ3) is 14.1. The maximum atomic E-state index is 12.3. The molecule has 6 aromatic rings. The summed E-state index contributed by atoms with van der Waals surface area (Å²) in [4.78, 5) is 20.4. The number of fused-ring (bicyclic) bond motifs is 2. The second-order valence-electron chi connectivity index (χ2n) is 16.4. The summed E-state index contributed by atoms with van der Waals surface area (Å²) >= 11 is 0. The summed E-state index contributed by atoms with van der Waals surface area (Å²) in [6.45, 7) is 22.2. The summed E-state index contributed by atoms with van der Waals surface area (Å²) in [6, 6.07) is 27.5. The molecule has 0 amide bonds. The molecule has 4 nitrogen and oxygen atoms in total. The molecule has 0 bridgehead atoms. The maximum Gasteiger partial charge on any atom is 0.389 e. The van der Waals surface area contributed by atoms with E-state index in [2.05, 4.69) is 79.0 Å². The summed E-state index contributed by atoms with van der Waals surface area (Å²) in [5, 5.41) is 14.3. The zero-order valence-electron chi connectivity index (χ0n) is 40.6. The Morgan fingerprint density at radius 1 is 0.733 bits per heavy atom. The number of pyridine rings is 2. The summed E-state index contributed by atoms with van der Waals surface area (Å²) in [7, 11) is -1.48. The molecule has 60 heavy (non-hydrogen) atoms. The molecule has 9 heteroatoms. The Hall–Kier alpha value is -4.43. The number of aryl methyl sites for hydroxylation is 5. The van der Waals surface area contributed by atoms with E-state index in [-0.39, 0.29) is 62.7 Å². The van der Waals surface area contributed by atoms with E-state index in [1.54, 1.807) is 6.92 Å². The molecule has 0 saturated heterocycles. The Balaban J connectivity index is 0.000000256. The van der Waals surface area contributed by atoms with Crippen molar-refractivity contribution in [1.29, 1.82) is 0 Å². The van der Waals surface area contributed by atoms with E-state index in [9.17, 15) is 23.1 Å². The van der Waals surface area contributed by atoms with Crippen molar-refractivity contribution in [2.45, 2.75) is 107 Å². The van der Waals surface area contributed by atoms with Crippen molar-refractivity contribution in [2.24, 2.45) is 11.8 Å². The number of alkyl halides is 3. The average Bonchev–Trinajstić information content (AvgIpc) is 3.19. The van der Waals surface area contributed by atoms with Crippen molar-refractivity contribution in [1.82, 2.24) is 9.97 Å². The Bertz CT molecular complexity index is 2600. The third-order valence-corrected chi connectivity index (χ3v) is 12.2. The number of hydrogen-bond donors (Lipinski definition) is 1. The van der Waals surface area contributed by atoms with Crippen LogP contribution in [0, 0.1) is 58.6 Å². The van der Waals surface area contributed by atoms with Crippen molar-refractivity contribution in [3.8, 4) is 22.5 Å². The maximum absolute atomic E-state index is 12.3. The van der Waals surface area contributed by atoms with E-state index in [0.29, 0.717) is 12.8 Å². The minimum absolute atomic E-state index is 0. The number of aromatic nitrogens is 2. The van der Waals surface area contributed by atoms with E-state index in [0.717, 1.165) is 78.0 Å². The van der Waals surface area contributed by atoms with Crippen molar-refractivity contribution in [3.05, 3.63) is 137 Å². The molecule has 0 saturated carbocycles. The number of ketones is 1. The number of nitrogens with zero attached hydrogens (tertiary/aromatic N) is 2. The summed E-state index contributed by atoms with van der Waals surface area (Å²) in [5.41, 5.74) is 8.74. The molecule has 1 radical (unpaired) electrons. The number of benzene rings is 4. The van der Waals surface area contributed by atoms with Gasteiger partial charge >= 0.3 is 6.18 Å². The van der Waals surface area contributed by atoms with Gasteiger partial charge in [-0.1, -0.05) is 115 Å². The zero-order chi connectivity index (χ0) is 47.1. The van der Waals surface area contributed by atoms with Crippen LogP contribution in [0.4, 0.5) is 13.2 Å². The number of halogens is 3. The predicted octanol–water partition coefficient (Wildman–Crippen LogP) is 13.9. The van der Waals surface area contributed by atoms with Crippen molar-refractivity contribution in [3.63, 3.8) is 0 Å². The van der Waals surface area contributed by atoms with Crippen LogP contribution >= 0.6 is 0 Å². The third-order valence-electron chi connectivity index (χ3n) is 10.2. The van der Waals surface area contributed by atoms with E-state index in [1.165, 1.54) is 5.19 Å². The normalized spacial score (nSPS) is 13.2. The molecule has 321 valence electrons. The smallest absolute Gasteiger partial charge is 0.389 e. The fourth-order valence-corrected chi connectivity index (χ4v) is 8.12. The van der Waals surface area contributed by atoms with Crippen LogP contribution < -0.4 is 5.19 Å². The van der Waals surface area contributed by atoms with Crippen LogP contribution in [0.1, 0.15) is 79.8 Å². The molecule has 6 rings (SSSR count). The van der Waals surface area contributed by atoms with E-state index in [4.69, 9.17) is 5.48 Å². The Kier molecular flexibility index (Phi) is 15.9. The van der Waals surface area contributed by atoms with Gasteiger partial charge in [-0.15, -0.1) is 69.8 Å². The molecule has 0 fully saturated rings. The number of allylic oxidation sites excluding steroid dienone is 2. The van der Waals surface area contributed by atoms with Crippen LogP contribution in [0.15, 0.2) is 96.9 Å². The second kappa shape index (κ2) is 21.9. The SMILES string of the molecule is CCC(CC)C(=O)/C=C(\O)C(CC)CC(F)(F)F.[2H]c1nc(-c2[c-]c(C)cc(C)c2)c2ccc(C)cc2c1[2H].[2H]c1nc(-c2[c-]c(C)cc(C)c2)c2ccc([Si](C)(C)C)cc2c1[2H].[Ir]. The fraction of sp³-hybridized carbons (Fsp3) is 0.353. The van der Waals surface area contributed by atoms with Gasteiger partial charge < -0.3 is 15.1 Å². The number of hydrogen-bond acceptors (Lipinski definition) is 4.